The first-order chi connectivity index (χ1) is 31.5. The van der Waals surface area contributed by atoms with E-state index in [9.17, 15) is 14.7 Å². The number of nitrogens with zero attached hydrogens (tertiary/aromatic N) is 4. The number of hydrogen-bond donors (Lipinski definition) is 2. The lowest BCUT2D eigenvalue weighted by atomic mass is 9.47. The molecule has 3 fully saturated rings. The number of halogens is 2. The van der Waals surface area contributed by atoms with Gasteiger partial charge in [0.05, 0.1) is 27.4 Å². The van der Waals surface area contributed by atoms with Gasteiger partial charge in [-0.3, -0.25) is 19.5 Å². The Kier molecular flexibility index (Phi) is 10.5. The summed E-state index contributed by atoms with van der Waals surface area (Å²) in [6.45, 7) is 6.68. The third kappa shape index (κ3) is 6.03. The predicted molar refractivity (Wildman–Crippen MR) is 243 cm³/mol. The lowest BCUT2D eigenvalue weighted by molar-refractivity contribution is -0.228. The quantitative estimate of drug-likeness (QED) is 0.118. The number of aliphatic hydroxyl groups is 1. The smallest absolute Gasteiger partial charge is 0.344 e. The van der Waals surface area contributed by atoms with Crippen molar-refractivity contribution >= 4 is 34.5 Å². The molecule has 2 unspecified atom stereocenters. The van der Waals surface area contributed by atoms with E-state index < -0.39 is 63.7 Å². The average molecular weight is 908 g/mol. The molecule has 4 aromatic rings. The van der Waals surface area contributed by atoms with Crippen LogP contribution >= 0.6 is 0 Å². The highest BCUT2D eigenvalue weighted by Gasteiger charge is 2.80. The second-order valence-electron chi connectivity index (χ2n) is 19.8. The van der Waals surface area contributed by atoms with Crippen molar-refractivity contribution in [3.8, 4) is 16.9 Å². The van der Waals surface area contributed by atoms with Crippen molar-refractivity contribution in [2.45, 2.75) is 93.4 Å². The van der Waals surface area contributed by atoms with Crippen molar-refractivity contribution in [3.05, 3.63) is 89.4 Å². The summed E-state index contributed by atoms with van der Waals surface area (Å²) in [5.41, 5.74) is 0.142. The number of nitrogens with one attached hydrogen (secondary N) is 1. The van der Waals surface area contributed by atoms with E-state index in [2.05, 4.69) is 25.8 Å². The topological polar surface area (TPSA) is 147 Å². The molecular weight excluding hydrogens is 849 g/mol. The number of alkyl halides is 2. The van der Waals surface area contributed by atoms with Gasteiger partial charge in [-0.15, -0.1) is 0 Å². The van der Waals surface area contributed by atoms with Crippen molar-refractivity contribution in [1.29, 1.82) is 0 Å². The molecule has 6 aliphatic rings. The molecule has 1 aliphatic carbocycles. The number of H-pyrrole nitrogens is 1. The van der Waals surface area contributed by atoms with Crippen molar-refractivity contribution in [1.82, 2.24) is 19.8 Å². The first-order valence-corrected chi connectivity index (χ1v) is 23.1. The van der Waals surface area contributed by atoms with Crippen LogP contribution in [0.5, 0.6) is 5.75 Å². The van der Waals surface area contributed by atoms with Crippen LogP contribution in [-0.4, -0.2) is 134 Å². The molecule has 13 nitrogen and oxygen atoms in total. The van der Waals surface area contributed by atoms with E-state index >= 15 is 13.6 Å². The summed E-state index contributed by atoms with van der Waals surface area (Å²) in [4.78, 5) is 57.5. The number of likely N-dealkylation sites (N-methyl/N-ethyl adjacent to an activating group) is 1. The fourth-order valence-electron chi connectivity index (χ4n) is 14.2. The zero-order valence-corrected chi connectivity index (χ0v) is 38.7. The van der Waals surface area contributed by atoms with E-state index in [0.29, 0.717) is 68.1 Å². The maximum Gasteiger partial charge on any atom is 0.344 e. The number of pyridine rings is 1. The second-order valence-corrected chi connectivity index (χ2v) is 19.8. The lowest BCUT2D eigenvalue weighted by Gasteiger charge is -2.63. The second kappa shape index (κ2) is 15.6. The minimum absolute atomic E-state index is 0.124. The summed E-state index contributed by atoms with van der Waals surface area (Å²) in [5.74, 6) is -6.04. The van der Waals surface area contributed by atoms with Crippen molar-refractivity contribution in [2.75, 3.05) is 66.0 Å². The monoisotopic (exact) mass is 907 g/mol. The number of methoxy groups -OCH3 is 3. The molecule has 10 atom stereocenters. The van der Waals surface area contributed by atoms with Gasteiger partial charge < -0.3 is 38.8 Å². The highest BCUT2D eigenvalue weighted by atomic mass is 19.3. The number of fused-ring (bicyclic) bond motifs is 6. The molecule has 350 valence electrons. The van der Waals surface area contributed by atoms with Crippen LogP contribution < -0.4 is 9.64 Å². The Bertz CT molecular complexity index is 2650. The molecule has 2 bridgehead atoms. The van der Waals surface area contributed by atoms with E-state index in [1.165, 1.54) is 21.1 Å². The summed E-state index contributed by atoms with van der Waals surface area (Å²) in [7, 11) is 5.96. The van der Waals surface area contributed by atoms with Gasteiger partial charge in [-0.05, 0) is 104 Å². The highest BCUT2D eigenvalue weighted by molar-refractivity contribution is 5.96. The summed E-state index contributed by atoms with van der Waals surface area (Å²) < 4.78 is 55.1. The Morgan fingerprint density at radius 3 is 2.41 bits per heavy atom. The molecule has 10 rings (SSSR count). The van der Waals surface area contributed by atoms with Gasteiger partial charge in [-0.2, -0.15) is 0 Å². The van der Waals surface area contributed by atoms with Crippen LogP contribution in [0.3, 0.4) is 0 Å². The Labute approximate surface area is 383 Å². The van der Waals surface area contributed by atoms with Crippen LogP contribution in [0.1, 0.15) is 68.8 Å². The van der Waals surface area contributed by atoms with Crippen molar-refractivity contribution in [3.63, 3.8) is 0 Å². The van der Waals surface area contributed by atoms with Gasteiger partial charge in [0.25, 0.3) is 0 Å². The zero-order chi connectivity index (χ0) is 46.7. The molecule has 66 heavy (non-hydrogen) atoms. The molecule has 2 saturated heterocycles. The molecule has 7 heterocycles. The molecule has 1 spiro atoms. The first-order valence-electron chi connectivity index (χ1n) is 23.1. The maximum absolute atomic E-state index is 15.6. The Hall–Kier alpha value is -5.38. The van der Waals surface area contributed by atoms with E-state index in [4.69, 9.17) is 18.9 Å². The molecule has 2 aromatic heterocycles. The van der Waals surface area contributed by atoms with E-state index in [-0.39, 0.29) is 31.3 Å². The van der Waals surface area contributed by atoms with Gasteiger partial charge in [-0.1, -0.05) is 25.1 Å². The number of anilines is 1. The number of esters is 3. The minimum atomic E-state index is -2.96. The number of rotatable bonds is 8. The summed E-state index contributed by atoms with van der Waals surface area (Å²) >= 11 is 0. The molecule has 0 amide bonds. The molecule has 5 aliphatic heterocycles. The van der Waals surface area contributed by atoms with Crippen LogP contribution in [0.15, 0.2) is 67.0 Å². The van der Waals surface area contributed by atoms with Gasteiger partial charge in [0.1, 0.15) is 11.2 Å². The normalized spacial score (nSPS) is 33.4. The summed E-state index contributed by atoms with van der Waals surface area (Å²) in [6.07, 6.45) is 7.89. The molecule has 0 radical (unpaired) electrons. The number of carbonyl (C=O) groups excluding carboxylic acids is 3. The molecule has 15 heteroatoms. The third-order valence-corrected chi connectivity index (χ3v) is 16.7. The number of piperidine rings is 1. The number of carbonyl (C=O) groups is 3. The van der Waals surface area contributed by atoms with Crippen LogP contribution in [0, 0.1) is 17.3 Å². The highest BCUT2D eigenvalue weighted by Crippen LogP contribution is 2.68. The van der Waals surface area contributed by atoms with Gasteiger partial charge in [0.15, 0.2) is 6.10 Å². The van der Waals surface area contributed by atoms with E-state index in [1.807, 2.05) is 67.4 Å². The van der Waals surface area contributed by atoms with Crippen molar-refractivity contribution in [2.24, 2.45) is 17.3 Å². The van der Waals surface area contributed by atoms with E-state index in [1.54, 1.807) is 19.5 Å². The van der Waals surface area contributed by atoms with Crippen LogP contribution in [0.2, 0.25) is 0 Å². The maximum atomic E-state index is 15.6. The largest absolute Gasteiger partial charge is 0.496 e. The Morgan fingerprint density at radius 2 is 1.73 bits per heavy atom. The average Bonchev–Trinajstić information content (AvgIpc) is 3.97. The van der Waals surface area contributed by atoms with Gasteiger partial charge in [-0.25, -0.2) is 13.6 Å². The summed E-state index contributed by atoms with van der Waals surface area (Å²) in [5, 5.41) is 14.3. The fraction of sp³-hybridized carbons (Fsp3) is 0.529. The Morgan fingerprint density at radius 1 is 0.970 bits per heavy atom. The Balaban J connectivity index is 1.27. The van der Waals surface area contributed by atoms with Gasteiger partial charge in [0, 0.05) is 109 Å². The molecule has 1 saturated carbocycles. The van der Waals surface area contributed by atoms with Crippen LogP contribution in [-0.2, 0) is 45.8 Å². The predicted octanol–water partition coefficient (Wildman–Crippen LogP) is 6.18. The SMILES string of the molecule is CC[C@]12C=CCN3CC[C@@]4(c5cc([C@@]6(C(=O)OC)C[C@H]7CC(C(C)(F)F)CN(CCc8c6[nH]c6ccc(-c9ccncc9)cc86)C7)c(OC)cc5N(C)[C@H]4[C@@](O)(C(=O)OC)[C@@H]1OC(C)=O)[C@@H]32. The van der Waals surface area contributed by atoms with Gasteiger partial charge in [0.2, 0.25) is 11.5 Å². The third-order valence-electron chi connectivity index (χ3n) is 16.7. The lowest BCUT2D eigenvalue weighted by Crippen LogP contribution is -2.81. The summed E-state index contributed by atoms with van der Waals surface area (Å²) in [6, 6.07) is 12.6. The molecular formula is C51H59F2N5O8. The van der Waals surface area contributed by atoms with Crippen LogP contribution in [0.25, 0.3) is 22.0 Å². The van der Waals surface area contributed by atoms with Gasteiger partial charge >= 0.3 is 17.9 Å². The van der Waals surface area contributed by atoms with E-state index in [0.717, 1.165) is 40.1 Å². The zero-order valence-electron chi connectivity index (χ0n) is 38.7. The van der Waals surface area contributed by atoms with Crippen LogP contribution in [0.4, 0.5) is 14.5 Å². The number of ether oxygens (including phenoxy) is 4. The fourth-order valence-corrected chi connectivity index (χ4v) is 14.2. The molecule has 2 N–H and O–H groups in total. The number of aromatic amines is 1. The minimum Gasteiger partial charge on any atom is -0.496 e. The molecule has 2 aromatic carbocycles. The van der Waals surface area contributed by atoms with Crippen molar-refractivity contribution < 1.29 is 47.2 Å². The first kappa shape index (κ1) is 44.5. The number of aromatic nitrogens is 2. The standard InChI is InChI=1S/C51H59F2N5O8/c1-8-48-15-9-19-58-21-16-49(42(48)58)36-24-37(40(63-5)25-39(36)56(4)43(49)51(62,46(61)65-7)44(48)66-29(2)59)50(45(60)64-6)26-30-22-33(47(3,52)53)28-57(27-30)20-14-34-35-23-32(31-12-17-54-18-13-31)10-11-38(35)55-41(34)50/h9-13,15,17-18,23-25,30,33,42-44,55,62H,8,14,16,19-22,26-28H2,1-7H3/t30-,33?,42+,43-,44-,48-,49-,50+,51+/m1/s1. The number of hydrogen-bond acceptors (Lipinski definition) is 12. The number of benzene rings is 2.